The monoisotopic (exact) mass is 358 g/mol. The molecule has 0 radical (unpaired) electrons. The molecule has 0 unspecified atom stereocenters. The van der Waals surface area contributed by atoms with Crippen LogP contribution in [0.5, 0.6) is 0 Å². The van der Waals surface area contributed by atoms with E-state index in [9.17, 15) is 4.79 Å². The predicted octanol–water partition coefficient (Wildman–Crippen LogP) is 3.48. The third kappa shape index (κ3) is 2.71. The van der Waals surface area contributed by atoms with Crippen molar-refractivity contribution in [3.05, 3.63) is 31.8 Å². The molecule has 0 aliphatic rings. The molecule has 4 heteroatoms. The molecule has 0 aliphatic carbocycles. The normalized spacial score (nSPS) is 9.92. The van der Waals surface area contributed by atoms with Crippen LogP contribution >= 0.6 is 50.1 Å². The smallest absolute Gasteiger partial charge is 0.177 e. The van der Waals surface area contributed by atoms with E-state index in [1.165, 1.54) is 0 Å². The van der Waals surface area contributed by atoms with E-state index in [-0.39, 0.29) is 11.7 Å². The molecule has 0 bridgehead atoms. The molecule has 0 spiro atoms. The van der Waals surface area contributed by atoms with Gasteiger partial charge in [-0.15, -0.1) is 11.6 Å². The number of rotatable bonds is 2. The molecule has 0 amide bonds. The molecule has 0 N–H and O–H groups in total. The van der Waals surface area contributed by atoms with Crippen molar-refractivity contribution < 1.29 is 4.79 Å². The number of carbonyl (C=O) groups is 1. The van der Waals surface area contributed by atoms with Crippen LogP contribution in [0, 0.1) is 3.57 Å². The summed E-state index contributed by atoms with van der Waals surface area (Å²) in [6.07, 6.45) is 0. The summed E-state index contributed by atoms with van der Waals surface area (Å²) < 4.78 is 1.93. The molecule has 1 rings (SSSR count). The minimum absolute atomic E-state index is 0.0343. The summed E-state index contributed by atoms with van der Waals surface area (Å²) >= 11 is 10.9. The Labute approximate surface area is 97.8 Å². The van der Waals surface area contributed by atoms with Crippen LogP contribution in [0.2, 0.25) is 0 Å². The quantitative estimate of drug-likeness (QED) is 0.449. The van der Waals surface area contributed by atoms with E-state index < -0.39 is 0 Å². The zero-order chi connectivity index (χ0) is 9.14. The maximum absolute atomic E-state index is 11.2. The number of ketones is 1. The van der Waals surface area contributed by atoms with E-state index in [4.69, 9.17) is 11.6 Å². The third-order valence-corrected chi connectivity index (χ3v) is 2.63. The first-order chi connectivity index (χ1) is 5.63. The second kappa shape index (κ2) is 4.58. The third-order valence-electron chi connectivity index (χ3n) is 1.31. The number of hydrogen-bond acceptors (Lipinski definition) is 1. The van der Waals surface area contributed by atoms with Crippen molar-refractivity contribution in [2.75, 3.05) is 5.88 Å². The average molecular weight is 359 g/mol. The maximum Gasteiger partial charge on any atom is 0.177 e. The molecule has 1 aromatic carbocycles. The van der Waals surface area contributed by atoms with Crippen LogP contribution in [0.25, 0.3) is 0 Å². The van der Waals surface area contributed by atoms with Crippen LogP contribution in [0.15, 0.2) is 22.7 Å². The highest BCUT2D eigenvalue weighted by Gasteiger charge is 2.05. The fraction of sp³-hybridized carbons (Fsp3) is 0.125. The van der Waals surface area contributed by atoms with Crippen LogP contribution < -0.4 is 0 Å². The minimum Gasteiger partial charge on any atom is -0.293 e. The highest BCUT2D eigenvalue weighted by Crippen LogP contribution is 2.17. The maximum atomic E-state index is 11.2. The Morgan fingerprint density at radius 3 is 2.67 bits per heavy atom. The number of alkyl halides is 1. The van der Waals surface area contributed by atoms with Gasteiger partial charge in [0, 0.05) is 13.6 Å². The number of Topliss-reactive ketones (excluding diaryl/α,β-unsaturated/α-hetero) is 1. The molecule has 0 aromatic heterocycles. The van der Waals surface area contributed by atoms with E-state index in [0.29, 0.717) is 5.56 Å². The molecule has 0 saturated heterocycles. The SMILES string of the molecule is O=C(CCl)c1cc(Br)cc(I)c1. The Kier molecular flexibility index (Phi) is 3.99. The topological polar surface area (TPSA) is 17.1 Å². The highest BCUT2D eigenvalue weighted by atomic mass is 127. The molecule has 0 aliphatic heterocycles. The van der Waals surface area contributed by atoms with Gasteiger partial charge in [0.25, 0.3) is 0 Å². The summed E-state index contributed by atoms with van der Waals surface area (Å²) in [6, 6.07) is 5.52. The number of hydrogen-bond donors (Lipinski definition) is 0. The molecule has 0 saturated carbocycles. The van der Waals surface area contributed by atoms with Crippen LogP contribution in [0.3, 0.4) is 0 Å². The molecule has 64 valence electrons. The molecule has 12 heavy (non-hydrogen) atoms. The van der Waals surface area contributed by atoms with Gasteiger partial charge in [0.2, 0.25) is 0 Å². The van der Waals surface area contributed by atoms with Gasteiger partial charge >= 0.3 is 0 Å². The summed E-state index contributed by atoms with van der Waals surface area (Å²) in [7, 11) is 0. The molecule has 1 nitrogen and oxygen atoms in total. The van der Waals surface area contributed by atoms with Gasteiger partial charge in [-0.1, -0.05) is 15.9 Å². The second-order valence-corrected chi connectivity index (χ2v) is 4.64. The van der Waals surface area contributed by atoms with E-state index in [1.807, 2.05) is 12.1 Å². The molecule has 0 fully saturated rings. The average Bonchev–Trinajstić information content (AvgIpc) is 2.01. The first-order valence-corrected chi connectivity index (χ1v) is 5.59. The van der Waals surface area contributed by atoms with Crippen molar-refractivity contribution in [3.8, 4) is 0 Å². The van der Waals surface area contributed by atoms with Crippen molar-refractivity contribution in [1.29, 1.82) is 0 Å². The van der Waals surface area contributed by atoms with Crippen molar-refractivity contribution >= 4 is 55.9 Å². The van der Waals surface area contributed by atoms with Gasteiger partial charge in [-0.2, -0.15) is 0 Å². The predicted molar refractivity (Wildman–Crippen MR) is 61.9 cm³/mol. The van der Waals surface area contributed by atoms with Crippen molar-refractivity contribution in [1.82, 2.24) is 0 Å². The van der Waals surface area contributed by atoms with Gasteiger partial charge in [0.1, 0.15) is 0 Å². The molecule has 1 aromatic rings. The number of halogens is 3. The largest absolute Gasteiger partial charge is 0.293 e. The summed E-state index contributed by atoms with van der Waals surface area (Å²) in [5.41, 5.74) is 0.656. The molecular weight excluding hydrogens is 354 g/mol. The standard InChI is InChI=1S/C8H5BrClIO/c9-6-1-5(8(12)4-10)2-7(11)3-6/h1-3H,4H2. The lowest BCUT2D eigenvalue weighted by Crippen LogP contribution is -2.00. The van der Waals surface area contributed by atoms with E-state index in [1.54, 1.807) is 6.07 Å². The fourth-order valence-electron chi connectivity index (χ4n) is 0.792. The lowest BCUT2D eigenvalue weighted by atomic mass is 10.2. The highest BCUT2D eigenvalue weighted by molar-refractivity contribution is 14.1. The van der Waals surface area contributed by atoms with Gasteiger partial charge in [0.05, 0.1) is 5.88 Å². The number of carbonyl (C=O) groups excluding carboxylic acids is 1. The van der Waals surface area contributed by atoms with E-state index in [0.717, 1.165) is 8.04 Å². The Morgan fingerprint density at radius 1 is 1.50 bits per heavy atom. The zero-order valence-electron chi connectivity index (χ0n) is 5.98. The molecular formula is C8H5BrClIO. The van der Waals surface area contributed by atoms with Crippen molar-refractivity contribution in [2.24, 2.45) is 0 Å². The van der Waals surface area contributed by atoms with Crippen molar-refractivity contribution in [2.45, 2.75) is 0 Å². The zero-order valence-corrected chi connectivity index (χ0v) is 10.5. The van der Waals surface area contributed by atoms with Gasteiger partial charge < -0.3 is 0 Å². The Balaban J connectivity index is 3.08. The Morgan fingerprint density at radius 2 is 2.17 bits per heavy atom. The molecule has 0 heterocycles. The summed E-state index contributed by atoms with van der Waals surface area (Å²) in [5.74, 6) is -0.0112. The summed E-state index contributed by atoms with van der Waals surface area (Å²) in [4.78, 5) is 11.2. The van der Waals surface area contributed by atoms with E-state index in [2.05, 4.69) is 38.5 Å². The minimum atomic E-state index is -0.0455. The summed E-state index contributed by atoms with van der Waals surface area (Å²) in [5, 5.41) is 0. The number of benzene rings is 1. The van der Waals surface area contributed by atoms with Gasteiger partial charge in [-0.25, -0.2) is 0 Å². The van der Waals surface area contributed by atoms with Crippen molar-refractivity contribution in [3.63, 3.8) is 0 Å². The first kappa shape index (κ1) is 10.5. The van der Waals surface area contributed by atoms with Crippen LogP contribution in [-0.4, -0.2) is 11.7 Å². The van der Waals surface area contributed by atoms with Gasteiger partial charge in [0.15, 0.2) is 5.78 Å². The Hall–Kier alpha value is 0.390. The van der Waals surface area contributed by atoms with Crippen LogP contribution in [0.4, 0.5) is 0 Å². The lowest BCUT2D eigenvalue weighted by molar-refractivity contribution is 0.102. The molecule has 0 atom stereocenters. The van der Waals surface area contributed by atoms with Gasteiger partial charge in [-0.05, 0) is 40.8 Å². The Bertz CT molecular complexity index is 294. The fourth-order valence-corrected chi connectivity index (χ4v) is 2.54. The van der Waals surface area contributed by atoms with Gasteiger partial charge in [-0.3, -0.25) is 4.79 Å². The van der Waals surface area contributed by atoms with Crippen LogP contribution in [-0.2, 0) is 0 Å². The first-order valence-electron chi connectivity index (χ1n) is 3.18. The lowest BCUT2D eigenvalue weighted by Gasteiger charge is -1.99. The van der Waals surface area contributed by atoms with Crippen LogP contribution in [0.1, 0.15) is 10.4 Å². The van der Waals surface area contributed by atoms with E-state index >= 15 is 0 Å². The second-order valence-electron chi connectivity index (χ2n) is 2.21. The summed E-state index contributed by atoms with van der Waals surface area (Å²) in [6.45, 7) is 0.